The number of amides is 1. The summed E-state index contributed by atoms with van der Waals surface area (Å²) in [4.78, 5) is 37.7. The molecule has 1 atom stereocenters. The van der Waals surface area contributed by atoms with E-state index in [1.165, 1.54) is 18.5 Å². The highest BCUT2D eigenvalue weighted by atomic mass is 35.5. The van der Waals surface area contributed by atoms with E-state index in [1.54, 1.807) is 24.3 Å². The number of fused-ring (bicyclic) bond motifs is 1. The molecule has 43 heavy (non-hydrogen) atoms. The first-order valence-electron chi connectivity index (χ1n) is 14.6. The Bertz CT molecular complexity index is 1530. The van der Waals surface area contributed by atoms with Gasteiger partial charge in [-0.1, -0.05) is 17.7 Å². The summed E-state index contributed by atoms with van der Waals surface area (Å²) in [5.74, 6) is 0.675. The van der Waals surface area contributed by atoms with Crippen molar-refractivity contribution < 1.29 is 23.5 Å². The number of carbonyl (C=O) groups is 2. The number of benzene rings is 2. The van der Waals surface area contributed by atoms with Crippen LogP contribution >= 0.6 is 11.6 Å². The molecule has 2 saturated heterocycles. The lowest BCUT2D eigenvalue weighted by atomic mass is 10.1. The summed E-state index contributed by atoms with van der Waals surface area (Å²) >= 11 is 5.96. The van der Waals surface area contributed by atoms with Gasteiger partial charge in [-0.3, -0.25) is 19.4 Å². The number of cyclic esters (lactones) is 1. The molecule has 1 saturated carbocycles. The molecule has 2 aromatic carbocycles. The number of aromatic nitrogens is 2. The van der Waals surface area contributed by atoms with E-state index < -0.39 is 5.82 Å². The molecule has 0 bridgehead atoms. The SMILES string of the molecule is O=C(/C=C/CN1CCN(C[C@H]2CCC(=O)O2)CC1)Nc1cc2c(Nc3ccc(F)c(Cl)c3)ncnc2cc1OCC1CC1. The predicted octanol–water partition coefficient (Wildman–Crippen LogP) is 4.77. The zero-order chi connectivity index (χ0) is 29.8. The molecule has 0 spiro atoms. The molecule has 3 heterocycles. The van der Waals surface area contributed by atoms with Crippen molar-refractivity contribution in [2.24, 2.45) is 5.92 Å². The van der Waals surface area contributed by atoms with Gasteiger partial charge in [0.25, 0.3) is 0 Å². The van der Waals surface area contributed by atoms with Crippen LogP contribution in [0.2, 0.25) is 5.02 Å². The lowest BCUT2D eigenvalue weighted by molar-refractivity contribution is -0.142. The molecule has 3 fully saturated rings. The average molecular weight is 609 g/mol. The minimum Gasteiger partial charge on any atom is -0.491 e. The van der Waals surface area contributed by atoms with Gasteiger partial charge in [-0.2, -0.15) is 0 Å². The van der Waals surface area contributed by atoms with Gasteiger partial charge in [-0.25, -0.2) is 14.4 Å². The van der Waals surface area contributed by atoms with E-state index in [4.69, 9.17) is 21.1 Å². The Balaban J connectivity index is 1.10. The molecule has 1 aromatic heterocycles. The fraction of sp³-hybridized carbons (Fsp3) is 0.419. The van der Waals surface area contributed by atoms with E-state index in [0.29, 0.717) is 59.3 Å². The van der Waals surface area contributed by atoms with Crippen molar-refractivity contribution in [1.82, 2.24) is 19.8 Å². The molecular formula is C31H34ClFN6O4. The van der Waals surface area contributed by atoms with Crippen molar-refractivity contribution >= 4 is 51.6 Å². The van der Waals surface area contributed by atoms with Crippen LogP contribution in [0.5, 0.6) is 5.75 Å². The minimum atomic E-state index is -0.509. The Morgan fingerprint density at radius 2 is 1.93 bits per heavy atom. The number of hydrogen-bond acceptors (Lipinski definition) is 9. The van der Waals surface area contributed by atoms with E-state index in [2.05, 4.69) is 30.4 Å². The largest absolute Gasteiger partial charge is 0.491 e. The van der Waals surface area contributed by atoms with Crippen LogP contribution in [0, 0.1) is 11.7 Å². The maximum atomic E-state index is 13.7. The fourth-order valence-electron chi connectivity index (χ4n) is 5.24. The molecule has 1 amide bonds. The van der Waals surface area contributed by atoms with Gasteiger partial charge in [-0.05, 0) is 49.4 Å². The minimum absolute atomic E-state index is 0.00268. The number of rotatable bonds is 11. The van der Waals surface area contributed by atoms with Crippen molar-refractivity contribution in [3.05, 3.63) is 59.7 Å². The summed E-state index contributed by atoms with van der Waals surface area (Å²) < 4.78 is 25.1. The number of nitrogens with zero attached hydrogens (tertiary/aromatic N) is 4. The van der Waals surface area contributed by atoms with E-state index in [1.807, 2.05) is 6.08 Å². The quantitative estimate of drug-likeness (QED) is 0.235. The predicted molar refractivity (Wildman–Crippen MR) is 162 cm³/mol. The molecule has 10 nitrogen and oxygen atoms in total. The van der Waals surface area contributed by atoms with Crippen LogP contribution in [-0.4, -0.2) is 83.6 Å². The van der Waals surface area contributed by atoms with Crippen LogP contribution in [0.1, 0.15) is 25.7 Å². The van der Waals surface area contributed by atoms with Crippen LogP contribution in [0.4, 0.5) is 21.6 Å². The van der Waals surface area contributed by atoms with Gasteiger partial charge in [-0.15, -0.1) is 0 Å². The summed E-state index contributed by atoms with van der Waals surface area (Å²) in [5, 5.41) is 6.80. The smallest absolute Gasteiger partial charge is 0.306 e. The van der Waals surface area contributed by atoms with Gasteiger partial charge in [0, 0.05) is 68.9 Å². The number of nitrogens with one attached hydrogen (secondary N) is 2. The van der Waals surface area contributed by atoms with E-state index >= 15 is 0 Å². The molecule has 12 heteroatoms. The molecule has 3 aromatic rings. The van der Waals surface area contributed by atoms with Gasteiger partial charge in [0.1, 0.15) is 29.8 Å². The normalized spacial score (nSPS) is 19.6. The Labute approximate surface area is 254 Å². The van der Waals surface area contributed by atoms with Gasteiger partial charge in [0.15, 0.2) is 0 Å². The van der Waals surface area contributed by atoms with Crippen molar-refractivity contribution in [2.45, 2.75) is 31.8 Å². The van der Waals surface area contributed by atoms with Crippen molar-refractivity contribution in [3.8, 4) is 5.75 Å². The van der Waals surface area contributed by atoms with Crippen LogP contribution in [0.25, 0.3) is 10.9 Å². The summed E-state index contributed by atoms with van der Waals surface area (Å²) in [7, 11) is 0. The number of hydrogen-bond donors (Lipinski definition) is 2. The number of ether oxygens (including phenoxy) is 2. The average Bonchev–Trinajstić information content (AvgIpc) is 3.74. The summed E-state index contributed by atoms with van der Waals surface area (Å²) in [6, 6.07) is 7.93. The highest BCUT2D eigenvalue weighted by molar-refractivity contribution is 6.31. The maximum Gasteiger partial charge on any atom is 0.306 e. The van der Waals surface area contributed by atoms with Crippen molar-refractivity contribution in [1.29, 1.82) is 0 Å². The fourth-order valence-corrected chi connectivity index (χ4v) is 5.42. The van der Waals surface area contributed by atoms with Gasteiger partial charge in [0.05, 0.1) is 22.8 Å². The zero-order valence-electron chi connectivity index (χ0n) is 23.7. The van der Waals surface area contributed by atoms with Crippen LogP contribution in [0.3, 0.4) is 0 Å². The topological polar surface area (TPSA) is 109 Å². The zero-order valence-corrected chi connectivity index (χ0v) is 24.5. The van der Waals surface area contributed by atoms with E-state index in [9.17, 15) is 14.0 Å². The highest BCUT2D eigenvalue weighted by Gasteiger charge is 2.27. The molecule has 0 radical (unpaired) electrons. The molecular weight excluding hydrogens is 575 g/mol. The number of halogens is 2. The van der Waals surface area contributed by atoms with Gasteiger partial charge < -0.3 is 20.1 Å². The Kier molecular flexibility index (Phi) is 9.01. The third kappa shape index (κ3) is 7.78. The second-order valence-electron chi connectivity index (χ2n) is 11.2. The Morgan fingerprint density at radius 3 is 2.67 bits per heavy atom. The summed E-state index contributed by atoms with van der Waals surface area (Å²) in [6.07, 6.45) is 8.44. The summed E-state index contributed by atoms with van der Waals surface area (Å²) in [6.45, 7) is 5.57. The molecule has 2 aliphatic heterocycles. The lowest BCUT2D eigenvalue weighted by Crippen LogP contribution is -2.48. The first kappa shape index (κ1) is 29.3. The lowest BCUT2D eigenvalue weighted by Gasteiger charge is -2.35. The third-order valence-electron chi connectivity index (χ3n) is 7.88. The van der Waals surface area contributed by atoms with Crippen LogP contribution in [0.15, 0.2) is 48.8 Å². The standard InChI is InChI=1S/C31H34ClFN6O4/c32-24-14-21(5-7-25(24)33)36-31-23-15-27(28(42-18-20-3-4-20)16-26(23)34-19-35-31)37-29(40)2-1-9-38-10-12-39(13-11-38)17-22-6-8-30(41)43-22/h1-2,5,7,14-16,19-20,22H,3-4,6,8-13,17-18H2,(H,37,40)(H,34,35,36)/b2-1+/t22-/m1/s1. The molecule has 3 aliphatic rings. The number of anilines is 3. The van der Waals surface area contributed by atoms with Crippen molar-refractivity contribution in [3.63, 3.8) is 0 Å². The molecule has 2 N–H and O–H groups in total. The van der Waals surface area contributed by atoms with E-state index in [0.717, 1.165) is 52.0 Å². The van der Waals surface area contributed by atoms with E-state index in [-0.39, 0.29) is 23.0 Å². The van der Waals surface area contributed by atoms with Crippen LogP contribution < -0.4 is 15.4 Å². The first-order chi connectivity index (χ1) is 20.9. The number of carbonyl (C=O) groups excluding carboxylic acids is 2. The maximum absolute atomic E-state index is 13.7. The number of esters is 1. The number of piperazine rings is 1. The van der Waals surface area contributed by atoms with Gasteiger partial charge >= 0.3 is 5.97 Å². The first-order valence-corrected chi connectivity index (χ1v) is 15.0. The molecule has 6 rings (SSSR count). The van der Waals surface area contributed by atoms with Crippen molar-refractivity contribution in [2.75, 3.05) is 56.5 Å². The molecule has 226 valence electrons. The second-order valence-corrected chi connectivity index (χ2v) is 11.6. The van der Waals surface area contributed by atoms with Gasteiger partial charge in [0.2, 0.25) is 5.91 Å². The second kappa shape index (κ2) is 13.2. The highest BCUT2D eigenvalue weighted by Crippen LogP contribution is 2.36. The summed E-state index contributed by atoms with van der Waals surface area (Å²) in [5.41, 5.74) is 1.71. The monoisotopic (exact) mass is 608 g/mol. The molecule has 0 unspecified atom stereocenters. The Hall–Kier alpha value is -3.80. The third-order valence-corrected chi connectivity index (χ3v) is 8.17. The van der Waals surface area contributed by atoms with Crippen LogP contribution in [-0.2, 0) is 14.3 Å². The Morgan fingerprint density at radius 1 is 1.12 bits per heavy atom. The molecule has 1 aliphatic carbocycles.